The van der Waals surface area contributed by atoms with Gasteiger partial charge in [-0.2, -0.15) is 0 Å². The average Bonchev–Trinajstić information content (AvgIpc) is 2.47. The lowest BCUT2D eigenvalue weighted by Gasteiger charge is -2.02. The van der Waals surface area contributed by atoms with Crippen LogP contribution in [0.5, 0.6) is 0 Å². The Morgan fingerprint density at radius 3 is 1.79 bits per heavy atom. The average molecular weight is 270 g/mol. The van der Waals surface area contributed by atoms with Crippen molar-refractivity contribution in [1.29, 1.82) is 0 Å². The molecular weight excluding hydrogens is 244 g/mol. The Kier molecular flexibility index (Phi) is 14.4. The number of aliphatic hydroxyl groups is 3. The number of hydrogen-bond acceptors (Lipinski definition) is 4. The molecule has 0 radical (unpaired) electrons. The van der Waals surface area contributed by atoms with E-state index in [-0.39, 0.29) is 19.8 Å². The van der Waals surface area contributed by atoms with Crippen molar-refractivity contribution < 1.29 is 20.1 Å². The Hall–Kier alpha value is -0.940. The van der Waals surface area contributed by atoms with E-state index in [0.29, 0.717) is 6.61 Å². The van der Waals surface area contributed by atoms with Gasteiger partial charge in [-0.15, -0.1) is 0 Å². The maximum atomic E-state index is 8.53. The summed E-state index contributed by atoms with van der Waals surface area (Å²) in [5.74, 6) is 0. The molecule has 4 heteroatoms. The Morgan fingerprint density at radius 1 is 0.737 bits per heavy atom. The van der Waals surface area contributed by atoms with Gasteiger partial charge in [-0.25, -0.2) is 0 Å². The summed E-state index contributed by atoms with van der Waals surface area (Å²) in [4.78, 5) is 0. The fraction of sp³-hybridized carbons (Fsp3) is 0.600. The van der Waals surface area contributed by atoms with Gasteiger partial charge in [-0.05, 0) is 31.2 Å². The van der Waals surface area contributed by atoms with Crippen LogP contribution in [-0.2, 0) is 11.3 Å². The molecule has 110 valence electrons. The minimum absolute atomic E-state index is 0.195. The molecule has 0 atom stereocenters. The van der Waals surface area contributed by atoms with E-state index in [1.165, 1.54) is 5.56 Å². The lowest BCUT2D eigenvalue weighted by molar-refractivity contribution is 0.112. The molecule has 0 aliphatic carbocycles. The molecule has 0 aliphatic rings. The van der Waals surface area contributed by atoms with Crippen LogP contribution >= 0.6 is 0 Å². The van der Waals surface area contributed by atoms with Gasteiger partial charge in [0.25, 0.3) is 0 Å². The van der Waals surface area contributed by atoms with E-state index in [2.05, 4.69) is 0 Å². The molecule has 0 amide bonds. The van der Waals surface area contributed by atoms with Gasteiger partial charge in [0.2, 0.25) is 0 Å². The van der Waals surface area contributed by atoms with E-state index < -0.39 is 0 Å². The Labute approximate surface area is 115 Å². The maximum absolute atomic E-state index is 8.53. The summed E-state index contributed by atoms with van der Waals surface area (Å²) < 4.78 is 5.41. The number of ether oxygens (including phenoxy) is 1. The maximum Gasteiger partial charge on any atom is 0.0716 e. The van der Waals surface area contributed by atoms with Gasteiger partial charge in [-0.1, -0.05) is 30.3 Å². The zero-order chi connectivity index (χ0) is 14.2. The molecule has 0 saturated carbocycles. The highest BCUT2D eigenvalue weighted by molar-refractivity contribution is 5.13. The number of unbranched alkanes of at least 4 members (excludes halogenated alkanes) is 2. The third-order valence-corrected chi connectivity index (χ3v) is 2.37. The third kappa shape index (κ3) is 13.3. The minimum Gasteiger partial charge on any atom is -0.396 e. The van der Waals surface area contributed by atoms with Crippen LogP contribution < -0.4 is 0 Å². The van der Waals surface area contributed by atoms with Gasteiger partial charge >= 0.3 is 0 Å². The second-order valence-corrected chi connectivity index (χ2v) is 4.12. The van der Waals surface area contributed by atoms with Crippen molar-refractivity contribution in [3.63, 3.8) is 0 Å². The molecular formula is C15H26O4. The molecule has 1 aromatic carbocycles. The van der Waals surface area contributed by atoms with Gasteiger partial charge in [0.15, 0.2) is 0 Å². The highest BCUT2D eigenvalue weighted by atomic mass is 16.5. The quantitative estimate of drug-likeness (QED) is 0.598. The van der Waals surface area contributed by atoms with E-state index in [0.717, 1.165) is 32.3 Å². The molecule has 4 nitrogen and oxygen atoms in total. The summed E-state index contributed by atoms with van der Waals surface area (Å²) in [5.41, 5.74) is 1.20. The Balaban J connectivity index is 0.000000459. The zero-order valence-electron chi connectivity index (χ0n) is 11.5. The van der Waals surface area contributed by atoms with E-state index in [9.17, 15) is 0 Å². The second kappa shape index (κ2) is 15.1. The molecule has 0 aliphatic heterocycles. The van der Waals surface area contributed by atoms with Crippen LogP contribution in [0.1, 0.15) is 31.2 Å². The third-order valence-electron chi connectivity index (χ3n) is 2.37. The second-order valence-electron chi connectivity index (χ2n) is 4.12. The molecule has 1 aromatic rings. The molecule has 0 spiro atoms. The monoisotopic (exact) mass is 270 g/mol. The van der Waals surface area contributed by atoms with Gasteiger partial charge in [-0.3, -0.25) is 0 Å². The lowest BCUT2D eigenvalue weighted by Crippen LogP contribution is -1.96. The first kappa shape index (κ1) is 18.1. The van der Waals surface area contributed by atoms with Crippen LogP contribution in [0.2, 0.25) is 0 Å². The van der Waals surface area contributed by atoms with E-state index in [4.69, 9.17) is 20.1 Å². The van der Waals surface area contributed by atoms with E-state index in [1.807, 2.05) is 30.3 Å². The first-order chi connectivity index (χ1) is 9.35. The van der Waals surface area contributed by atoms with Gasteiger partial charge in [0, 0.05) is 26.4 Å². The molecule has 0 fully saturated rings. The molecule has 0 heterocycles. The van der Waals surface area contributed by atoms with Crippen molar-refractivity contribution in [2.45, 2.75) is 32.3 Å². The fourth-order valence-electron chi connectivity index (χ4n) is 1.30. The topological polar surface area (TPSA) is 69.9 Å². The van der Waals surface area contributed by atoms with Crippen LogP contribution in [0.25, 0.3) is 0 Å². The molecule has 0 unspecified atom stereocenters. The number of benzene rings is 1. The molecule has 0 saturated heterocycles. The van der Waals surface area contributed by atoms with Crippen molar-refractivity contribution in [1.82, 2.24) is 0 Å². The van der Waals surface area contributed by atoms with Crippen LogP contribution in [0.3, 0.4) is 0 Å². The number of aliphatic hydroxyl groups excluding tert-OH is 3. The molecule has 0 bridgehead atoms. The Bertz CT molecular complexity index is 260. The van der Waals surface area contributed by atoms with Crippen LogP contribution in [-0.4, -0.2) is 41.7 Å². The highest BCUT2D eigenvalue weighted by Crippen LogP contribution is 2.01. The van der Waals surface area contributed by atoms with Gasteiger partial charge < -0.3 is 20.1 Å². The number of rotatable bonds is 9. The summed E-state index contributed by atoms with van der Waals surface area (Å²) in [5, 5.41) is 24.7. The van der Waals surface area contributed by atoms with Crippen molar-refractivity contribution in [2.75, 3.05) is 26.4 Å². The van der Waals surface area contributed by atoms with Crippen molar-refractivity contribution in [2.24, 2.45) is 0 Å². The normalized spacial score (nSPS) is 9.84. The summed E-state index contributed by atoms with van der Waals surface area (Å²) in [7, 11) is 0. The fourth-order valence-corrected chi connectivity index (χ4v) is 1.30. The van der Waals surface area contributed by atoms with E-state index in [1.54, 1.807) is 0 Å². The van der Waals surface area contributed by atoms with Crippen LogP contribution in [0.15, 0.2) is 30.3 Å². The summed E-state index contributed by atoms with van der Waals surface area (Å²) in [6.07, 6.45) is 3.20. The molecule has 1 rings (SSSR count). The first-order valence-corrected chi connectivity index (χ1v) is 6.79. The zero-order valence-corrected chi connectivity index (χ0v) is 11.5. The standard InChI is InChI=1S/C11H16O2.C4H10O2/c12-8-4-5-9-13-10-11-6-2-1-3-7-11;5-3-1-2-4-6/h1-3,6-7,12H,4-5,8-10H2;5-6H,1-4H2. The van der Waals surface area contributed by atoms with Crippen LogP contribution in [0.4, 0.5) is 0 Å². The number of hydrogen-bond donors (Lipinski definition) is 3. The van der Waals surface area contributed by atoms with Gasteiger partial charge in [0.05, 0.1) is 6.61 Å². The lowest BCUT2D eigenvalue weighted by atomic mass is 10.2. The first-order valence-electron chi connectivity index (χ1n) is 6.79. The predicted molar refractivity (Wildman–Crippen MR) is 75.8 cm³/mol. The molecule has 0 aromatic heterocycles. The highest BCUT2D eigenvalue weighted by Gasteiger charge is 1.91. The molecule has 19 heavy (non-hydrogen) atoms. The Morgan fingerprint density at radius 2 is 1.26 bits per heavy atom. The summed E-state index contributed by atoms with van der Waals surface area (Å²) in [6.45, 7) is 2.05. The smallest absolute Gasteiger partial charge is 0.0716 e. The largest absolute Gasteiger partial charge is 0.396 e. The van der Waals surface area contributed by atoms with Crippen LogP contribution in [0, 0.1) is 0 Å². The van der Waals surface area contributed by atoms with Crippen molar-refractivity contribution in [3.8, 4) is 0 Å². The van der Waals surface area contributed by atoms with Gasteiger partial charge in [0.1, 0.15) is 0 Å². The minimum atomic E-state index is 0.195. The summed E-state index contributed by atoms with van der Waals surface area (Å²) >= 11 is 0. The molecule has 3 N–H and O–H groups in total. The summed E-state index contributed by atoms with van der Waals surface area (Å²) in [6, 6.07) is 10.1. The SMILES string of the molecule is OCCCCO.OCCCCOCc1ccccc1. The van der Waals surface area contributed by atoms with E-state index >= 15 is 0 Å². The predicted octanol–water partition coefficient (Wildman–Crippen LogP) is 1.73. The van der Waals surface area contributed by atoms with Crippen molar-refractivity contribution >= 4 is 0 Å². The van der Waals surface area contributed by atoms with Crippen molar-refractivity contribution in [3.05, 3.63) is 35.9 Å².